The number of unbranched alkanes of at least 4 members (excludes halogenated alkanes) is 3. The highest BCUT2D eigenvalue weighted by molar-refractivity contribution is 14.0. The molecule has 0 aliphatic carbocycles. The molecule has 0 rings (SSSR count). The van der Waals surface area contributed by atoms with Crippen LogP contribution in [0.3, 0.4) is 0 Å². The first-order valence-corrected chi connectivity index (χ1v) is 6.70. The summed E-state index contributed by atoms with van der Waals surface area (Å²) >= 11 is 0. The summed E-state index contributed by atoms with van der Waals surface area (Å²) in [6.45, 7) is 7.12. The Balaban J connectivity index is 0. The van der Waals surface area contributed by atoms with Crippen molar-refractivity contribution in [1.82, 2.24) is 10.6 Å². The summed E-state index contributed by atoms with van der Waals surface area (Å²) in [5.74, 6) is 0.394. The molecule has 5 nitrogen and oxygen atoms in total. The second-order valence-electron chi connectivity index (χ2n) is 5.15. The average Bonchev–Trinajstić information content (AvgIpc) is 2.35. The molecule has 0 saturated carbocycles. The highest BCUT2D eigenvalue weighted by Crippen LogP contribution is 2.14. The fraction of sp³-hybridized carbons (Fsp3) is 0.846. The topological polar surface area (TPSA) is 79.5 Å². The minimum Gasteiger partial charge on any atom is -0.370 e. The van der Waals surface area contributed by atoms with Crippen LogP contribution in [0, 0.1) is 5.41 Å². The molecule has 0 fully saturated rings. The van der Waals surface area contributed by atoms with Crippen molar-refractivity contribution < 1.29 is 4.79 Å². The zero-order valence-electron chi connectivity index (χ0n) is 12.6. The first kappa shape index (κ1) is 20.8. The number of hydrogen-bond donors (Lipinski definition) is 3. The van der Waals surface area contributed by atoms with Crippen LogP contribution in [-0.2, 0) is 4.79 Å². The van der Waals surface area contributed by atoms with Gasteiger partial charge in [-0.15, -0.1) is 24.0 Å². The normalized spacial score (nSPS) is 11.7. The van der Waals surface area contributed by atoms with E-state index in [0.717, 1.165) is 13.0 Å². The van der Waals surface area contributed by atoms with Crippen molar-refractivity contribution in [3.05, 3.63) is 0 Å². The minimum atomic E-state index is -0.525. The number of rotatable bonds is 8. The van der Waals surface area contributed by atoms with E-state index < -0.39 is 5.41 Å². The summed E-state index contributed by atoms with van der Waals surface area (Å²) < 4.78 is 0. The number of nitrogens with one attached hydrogen (secondary N) is 2. The minimum absolute atomic E-state index is 0. The van der Waals surface area contributed by atoms with E-state index in [-0.39, 0.29) is 29.9 Å². The maximum atomic E-state index is 11.5. The van der Waals surface area contributed by atoms with Gasteiger partial charge in [0.25, 0.3) is 0 Å². The molecule has 0 saturated heterocycles. The smallest absolute Gasteiger partial charge is 0.227 e. The third-order valence-corrected chi connectivity index (χ3v) is 2.82. The Morgan fingerprint density at radius 3 is 2.42 bits per heavy atom. The molecular weight excluding hydrogens is 355 g/mol. The van der Waals surface area contributed by atoms with Crippen LogP contribution in [-0.4, -0.2) is 32.0 Å². The number of aliphatic imine (C=N–C) groups is 1. The number of carbonyl (C=O) groups excluding carboxylic acids is 1. The Hall–Kier alpha value is -0.530. The van der Waals surface area contributed by atoms with E-state index in [4.69, 9.17) is 5.73 Å². The van der Waals surface area contributed by atoms with Crippen LogP contribution in [0.2, 0.25) is 0 Å². The molecule has 114 valence electrons. The van der Waals surface area contributed by atoms with Gasteiger partial charge in [0.05, 0.1) is 12.0 Å². The van der Waals surface area contributed by atoms with Gasteiger partial charge in [0, 0.05) is 13.6 Å². The molecule has 0 aromatic rings. The number of carbonyl (C=O) groups is 1. The molecule has 0 radical (unpaired) electrons. The molecule has 0 atom stereocenters. The van der Waals surface area contributed by atoms with E-state index in [0.29, 0.717) is 12.5 Å². The lowest BCUT2D eigenvalue weighted by Gasteiger charge is -2.20. The van der Waals surface area contributed by atoms with E-state index in [9.17, 15) is 4.79 Å². The molecule has 0 spiro atoms. The maximum Gasteiger partial charge on any atom is 0.227 e. The molecule has 0 unspecified atom stereocenters. The standard InChI is InChI=1S/C13H28N4O.HI/c1-5-6-7-8-9-16-12(14)17-10-13(2,3)11(18)15-4;/h5-10H2,1-4H3,(H,15,18)(H3,14,16,17);1H. The fourth-order valence-corrected chi connectivity index (χ4v) is 1.52. The van der Waals surface area contributed by atoms with E-state index in [2.05, 4.69) is 22.5 Å². The Bertz CT molecular complexity index is 280. The van der Waals surface area contributed by atoms with Crippen molar-refractivity contribution in [1.29, 1.82) is 0 Å². The molecule has 6 heteroatoms. The van der Waals surface area contributed by atoms with Gasteiger partial charge in [0.1, 0.15) is 0 Å². The lowest BCUT2D eigenvalue weighted by molar-refractivity contribution is -0.128. The largest absolute Gasteiger partial charge is 0.370 e. The highest BCUT2D eigenvalue weighted by atomic mass is 127. The van der Waals surface area contributed by atoms with Crippen LogP contribution >= 0.6 is 24.0 Å². The molecule has 0 heterocycles. The quantitative estimate of drug-likeness (QED) is 0.259. The van der Waals surface area contributed by atoms with Crippen LogP contribution in [0.4, 0.5) is 0 Å². The number of halogens is 1. The van der Waals surface area contributed by atoms with Crippen LogP contribution < -0.4 is 16.4 Å². The third-order valence-electron chi connectivity index (χ3n) is 2.82. The van der Waals surface area contributed by atoms with Crippen molar-refractivity contribution >= 4 is 35.8 Å². The Morgan fingerprint density at radius 2 is 1.89 bits per heavy atom. The summed E-state index contributed by atoms with van der Waals surface area (Å²) in [6.07, 6.45) is 4.79. The van der Waals surface area contributed by atoms with Gasteiger partial charge in [0.2, 0.25) is 5.91 Å². The Labute approximate surface area is 134 Å². The van der Waals surface area contributed by atoms with Gasteiger partial charge in [-0.25, -0.2) is 0 Å². The lowest BCUT2D eigenvalue weighted by Crippen LogP contribution is -2.39. The van der Waals surface area contributed by atoms with Crippen molar-refractivity contribution in [2.75, 3.05) is 20.1 Å². The SMILES string of the molecule is CCCCCCNC(N)=NCC(C)(C)C(=O)NC.I. The third kappa shape index (κ3) is 9.98. The van der Waals surface area contributed by atoms with Crippen LogP contribution in [0.15, 0.2) is 4.99 Å². The van der Waals surface area contributed by atoms with Crippen LogP contribution in [0.1, 0.15) is 46.5 Å². The summed E-state index contributed by atoms with van der Waals surface area (Å²) in [4.78, 5) is 15.7. The zero-order chi connectivity index (χ0) is 14.0. The van der Waals surface area contributed by atoms with Gasteiger partial charge in [-0.2, -0.15) is 0 Å². The van der Waals surface area contributed by atoms with Crippen LogP contribution in [0.25, 0.3) is 0 Å². The van der Waals surface area contributed by atoms with Gasteiger partial charge >= 0.3 is 0 Å². The first-order valence-electron chi connectivity index (χ1n) is 6.70. The molecule has 19 heavy (non-hydrogen) atoms. The van der Waals surface area contributed by atoms with E-state index >= 15 is 0 Å². The average molecular weight is 384 g/mol. The van der Waals surface area contributed by atoms with Gasteiger partial charge in [0.15, 0.2) is 5.96 Å². The molecule has 0 aliphatic rings. The van der Waals surface area contributed by atoms with Crippen molar-refractivity contribution in [3.8, 4) is 0 Å². The Morgan fingerprint density at radius 1 is 1.26 bits per heavy atom. The highest BCUT2D eigenvalue weighted by Gasteiger charge is 2.26. The monoisotopic (exact) mass is 384 g/mol. The van der Waals surface area contributed by atoms with Crippen molar-refractivity contribution in [2.24, 2.45) is 16.1 Å². The molecule has 0 aliphatic heterocycles. The predicted octanol–water partition coefficient (Wildman–Crippen LogP) is 1.86. The fourth-order valence-electron chi connectivity index (χ4n) is 1.52. The summed E-state index contributed by atoms with van der Waals surface area (Å²) in [5, 5.41) is 5.69. The molecule has 1 amide bonds. The first-order chi connectivity index (χ1) is 8.44. The van der Waals surface area contributed by atoms with E-state index in [1.54, 1.807) is 7.05 Å². The predicted molar refractivity (Wildman–Crippen MR) is 91.9 cm³/mol. The lowest BCUT2D eigenvalue weighted by atomic mass is 9.93. The molecule has 0 aromatic carbocycles. The molecule has 0 aromatic heterocycles. The maximum absolute atomic E-state index is 11.5. The second kappa shape index (κ2) is 11.3. The van der Waals surface area contributed by atoms with Crippen molar-refractivity contribution in [2.45, 2.75) is 46.5 Å². The molecule has 0 bridgehead atoms. The number of nitrogens with two attached hydrogens (primary N) is 1. The number of hydrogen-bond acceptors (Lipinski definition) is 2. The number of nitrogens with zero attached hydrogens (tertiary/aromatic N) is 1. The Kier molecular flexibility index (Phi) is 12.4. The van der Waals surface area contributed by atoms with Gasteiger partial charge in [-0.1, -0.05) is 26.2 Å². The molecule has 4 N–H and O–H groups in total. The van der Waals surface area contributed by atoms with Crippen LogP contribution in [0.5, 0.6) is 0 Å². The van der Waals surface area contributed by atoms with E-state index in [1.807, 2.05) is 13.8 Å². The van der Waals surface area contributed by atoms with Crippen molar-refractivity contribution in [3.63, 3.8) is 0 Å². The molecular formula is C13H29IN4O. The summed E-state index contributed by atoms with van der Waals surface area (Å²) in [6, 6.07) is 0. The summed E-state index contributed by atoms with van der Waals surface area (Å²) in [7, 11) is 1.63. The number of amides is 1. The van der Waals surface area contributed by atoms with Gasteiger partial charge in [-0.05, 0) is 20.3 Å². The van der Waals surface area contributed by atoms with E-state index in [1.165, 1.54) is 19.3 Å². The van der Waals surface area contributed by atoms with Gasteiger partial charge < -0.3 is 16.4 Å². The second-order valence-corrected chi connectivity index (χ2v) is 5.15. The summed E-state index contributed by atoms with van der Waals surface area (Å²) in [5.41, 5.74) is 5.22. The van der Waals surface area contributed by atoms with Gasteiger partial charge in [-0.3, -0.25) is 9.79 Å². The zero-order valence-corrected chi connectivity index (χ0v) is 14.9. The number of guanidine groups is 1.